The zero-order valence-electron chi connectivity index (χ0n) is 12.5. The zero-order chi connectivity index (χ0) is 14.5. The second-order valence-corrected chi connectivity index (χ2v) is 5.64. The number of piperidine rings is 1. The van der Waals surface area contributed by atoms with Gasteiger partial charge in [0.2, 0.25) is 0 Å². The minimum absolute atomic E-state index is 0.613. The van der Waals surface area contributed by atoms with E-state index < -0.39 is 0 Å². The fourth-order valence-corrected chi connectivity index (χ4v) is 2.92. The minimum Gasteiger partial charge on any atom is -0.497 e. The fourth-order valence-electron chi connectivity index (χ4n) is 2.92. The smallest absolute Gasteiger partial charge is 0.118 e. The molecule has 0 saturated carbocycles. The Labute approximate surface area is 126 Å². The van der Waals surface area contributed by atoms with Gasteiger partial charge >= 0.3 is 0 Å². The number of ether oxygens (including phenoxy) is 1. The highest BCUT2D eigenvalue weighted by molar-refractivity contribution is 5.32. The van der Waals surface area contributed by atoms with Crippen molar-refractivity contribution in [3.8, 4) is 5.75 Å². The van der Waals surface area contributed by atoms with Gasteiger partial charge in [-0.05, 0) is 67.7 Å². The van der Waals surface area contributed by atoms with Gasteiger partial charge in [0.15, 0.2) is 0 Å². The Bertz CT molecular complexity index is 574. The number of methoxy groups -OCH3 is 1. The molecule has 0 unspecified atom stereocenters. The molecular weight excluding hydrogens is 260 g/mol. The second-order valence-electron chi connectivity index (χ2n) is 5.64. The topological polar surface area (TPSA) is 34.1 Å². The van der Waals surface area contributed by atoms with Crippen molar-refractivity contribution in [1.82, 2.24) is 10.3 Å². The Morgan fingerprint density at radius 2 is 1.86 bits per heavy atom. The van der Waals surface area contributed by atoms with Gasteiger partial charge in [0.1, 0.15) is 5.75 Å². The first-order valence-electron chi connectivity index (χ1n) is 7.63. The summed E-state index contributed by atoms with van der Waals surface area (Å²) in [7, 11) is 1.70. The van der Waals surface area contributed by atoms with Crippen LogP contribution in [0.1, 0.15) is 35.6 Å². The van der Waals surface area contributed by atoms with E-state index in [4.69, 9.17) is 4.74 Å². The van der Waals surface area contributed by atoms with Gasteiger partial charge in [0.25, 0.3) is 0 Å². The van der Waals surface area contributed by atoms with Crippen molar-refractivity contribution in [1.29, 1.82) is 0 Å². The molecule has 0 atom stereocenters. The van der Waals surface area contributed by atoms with Gasteiger partial charge in [-0.15, -0.1) is 0 Å². The number of benzene rings is 1. The Balaban J connectivity index is 1.72. The molecule has 3 rings (SSSR count). The van der Waals surface area contributed by atoms with Crippen LogP contribution in [0.15, 0.2) is 42.6 Å². The maximum atomic E-state index is 5.20. The first-order valence-corrected chi connectivity index (χ1v) is 7.63. The van der Waals surface area contributed by atoms with Crippen molar-refractivity contribution in [3.63, 3.8) is 0 Å². The van der Waals surface area contributed by atoms with Crippen molar-refractivity contribution < 1.29 is 4.74 Å². The molecule has 0 radical (unpaired) electrons. The van der Waals surface area contributed by atoms with Crippen LogP contribution in [0.25, 0.3) is 0 Å². The zero-order valence-corrected chi connectivity index (χ0v) is 12.5. The van der Waals surface area contributed by atoms with E-state index in [2.05, 4.69) is 34.6 Å². The lowest BCUT2D eigenvalue weighted by Gasteiger charge is -2.22. The van der Waals surface area contributed by atoms with E-state index in [1.54, 1.807) is 7.11 Å². The molecule has 1 aliphatic rings. The second kappa shape index (κ2) is 6.72. The van der Waals surface area contributed by atoms with Crippen LogP contribution in [0.5, 0.6) is 5.75 Å². The highest BCUT2D eigenvalue weighted by Gasteiger charge is 2.16. The maximum Gasteiger partial charge on any atom is 0.118 e. The Kier molecular flexibility index (Phi) is 4.51. The Morgan fingerprint density at radius 3 is 2.57 bits per heavy atom. The van der Waals surface area contributed by atoms with E-state index in [1.807, 2.05) is 18.3 Å². The van der Waals surface area contributed by atoms with E-state index >= 15 is 0 Å². The predicted molar refractivity (Wildman–Crippen MR) is 84.9 cm³/mol. The normalized spacial score (nSPS) is 15.9. The van der Waals surface area contributed by atoms with Crippen LogP contribution in [0, 0.1) is 0 Å². The minimum atomic E-state index is 0.613. The van der Waals surface area contributed by atoms with Crippen LogP contribution in [0.3, 0.4) is 0 Å². The van der Waals surface area contributed by atoms with E-state index in [0.717, 1.165) is 25.3 Å². The van der Waals surface area contributed by atoms with Crippen molar-refractivity contribution in [2.75, 3.05) is 20.2 Å². The van der Waals surface area contributed by atoms with Gasteiger partial charge in [0.05, 0.1) is 7.11 Å². The molecule has 1 aliphatic heterocycles. The largest absolute Gasteiger partial charge is 0.497 e. The molecule has 110 valence electrons. The summed E-state index contributed by atoms with van der Waals surface area (Å²) in [5.41, 5.74) is 3.89. The lowest BCUT2D eigenvalue weighted by Crippen LogP contribution is -2.27. The van der Waals surface area contributed by atoms with Gasteiger partial charge in [0, 0.05) is 17.8 Å². The van der Waals surface area contributed by atoms with Crippen LogP contribution >= 0.6 is 0 Å². The standard InChI is InChI=1S/C18H22N2O/c1-21-17-4-2-14(3-5-17)12-15-6-11-20-18(13-15)16-7-9-19-10-8-16/h2-6,11,13,16,19H,7-10,12H2,1H3. The summed E-state index contributed by atoms with van der Waals surface area (Å²) in [5.74, 6) is 1.52. The molecule has 3 heteroatoms. The van der Waals surface area contributed by atoms with E-state index in [1.165, 1.54) is 29.7 Å². The van der Waals surface area contributed by atoms with Gasteiger partial charge in [-0.3, -0.25) is 4.98 Å². The first kappa shape index (κ1) is 14.1. The highest BCUT2D eigenvalue weighted by atomic mass is 16.5. The molecule has 0 bridgehead atoms. The van der Waals surface area contributed by atoms with Crippen molar-refractivity contribution in [2.45, 2.75) is 25.2 Å². The summed E-state index contributed by atoms with van der Waals surface area (Å²) in [5, 5.41) is 3.41. The molecule has 1 fully saturated rings. The summed E-state index contributed by atoms with van der Waals surface area (Å²) in [6.07, 6.45) is 5.29. The van der Waals surface area contributed by atoms with E-state index in [9.17, 15) is 0 Å². The van der Waals surface area contributed by atoms with Crippen LogP contribution in [0.4, 0.5) is 0 Å². The Hall–Kier alpha value is -1.87. The molecule has 1 aromatic heterocycles. The molecule has 0 spiro atoms. The number of rotatable bonds is 4. The third-order valence-corrected chi connectivity index (χ3v) is 4.17. The van der Waals surface area contributed by atoms with E-state index in [-0.39, 0.29) is 0 Å². The number of nitrogens with one attached hydrogen (secondary N) is 1. The third-order valence-electron chi connectivity index (χ3n) is 4.17. The average Bonchev–Trinajstić information content (AvgIpc) is 2.57. The number of hydrogen-bond donors (Lipinski definition) is 1. The molecule has 3 nitrogen and oxygen atoms in total. The molecule has 1 saturated heterocycles. The number of aromatic nitrogens is 1. The predicted octanol–water partition coefficient (Wildman–Crippen LogP) is 3.15. The molecule has 1 aromatic carbocycles. The third kappa shape index (κ3) is 3.61. The number of pyridine rings is 1. The summed E-state index contributed by atoms with van der Waals surface area (Å²) >= 11 is 0. The van der Waals surface area contributed by atoms with Gasteiger partial charge < -0.3 is 10.1 Å². The van der Waals surface area contributed by atoms with Crippen LogP contribution in [-0.4, -0.2) is 25.2 Å². The Morgan fingerprint density at radius 1 is 1.10 bits per heavy atom. The molecule has 0 amide bonds. The summed E-state index contributed by atoms with van der Waals surface area (Å²) in [4.78, 5) is 4.58. The van der Waals surface area contributed by atoms with E-state index in [0.29, 0.717) is 5.92 Å². The summed E-state index contributed by atoms with van der Waals surface area (Å²) in [6, 6.07) is 12.7. The van der Waals surface area contributed by atoms with Crippen molar-refractivity contribution in [2.24, 2.45) is 0 Å². The molecule has 21 heavy (non-hydrogen) atoms. The van der Waals surface area contributed by atoms with Gasteiger partial charge in [-0.1, -0.05) is 12.1 Å². The first-order chi connectivity index (χ1) is 10.3. The van der Waals surface area contributed by atoms with Crippen molar-refractivity contribution >= 4 is 0 Å². The van der Waals surface area contributed by atoms with Crippen LogP contribution < -0.4 is 10.1 Å². The molecule has 2 aromatic rings. The van der Waals surface area contributed by atoms with Crippen LogP contribution in [0.2, 0.25) is 0 Å². The van der Waals surface area contributed by atoms with Crippen LogP contribution in [-0.2, 0) is 6.42 Å². The quantitative estimate of drug-likeness (QED) is 0.935. The highest BCUT2D eigenvalue weighted by Crippen LogP contribution is 2.24. The molecule has 1 N–H and O–H groups in total. The fraction of sp³-hybridized carbons (Fsp3) is 0.389. The lowest BCUT2D eigenvalue weighted by atomic mass is 9.92. The molecule has 0 aliphatic carbocycles. The van der Waals surface area contributed by atoms with Gasteiger partial charge in [-0.2, -0.15) is 0 Å². The number of nitrogens with zero attached hydrogens (tertiary/aromatic N) is 1. The average molecular weight is 282 g/mol. The number of hydrogen-bond acceptors (Lipinski definition) is 3. The lowest BCUT2D eigenvalue weighted by molar-refractivity contribution is 0.414. The maximum absolute atomic E-state index is 5.20. The monoisotopic (exact) mass is 282 g/mol. The molecule has 2 heterocycles. The molecular formula is C18H22N2O. The summed E-state index contributed by atoms with van der Waals surface area (Å²) < 4.78 is 5.20. The van der Waals surface area contributed by atoms with Gasteiger partial charge in [-0.25, -0.2) is 0 Å². The SMILES string of the molecule is COc1ccc(Cc2ccnc(C3CCNCC3)c2)cc1. The summed E-state index contributed by atoms with van der Waals surface area (Å²) in [6.45, 7) is 2.21. The van der Waals surface area contributed by atoms with Crippen molar-refractivity contribution in [3.05, 3.63) is 59.4 Å².